The smallest absolute Gasteiger partial charge is 0.0669 e. The van der Waals surface area contributed by atoms with Crippen molar-refractivity contribution in [2.75, 3.05) is 33.8 Å². The van der Waals surface area contributed by atoms with Gasteiger partial charge in [0.2, 0.25) is 0 Å². The molecule has 0 fully saturated rings. The fourth-order valence-electron chi connectivity index (χ4n) is 2.01. The van der Waals surface area contributed by atoms with Crippen LogP contribution >= 0.6 is 0 Å². The Hall–Kier alpha value is -0.900. The standard InChI is InChI=1S/C14H24N2O/c1-12(17-3)10-16(2)11-14(9-15)13-7-5-4-6-8-13/h4-8,12,14H,9-11,15H2,1-3H3. The first-order valence-electron chi connectivity index (χ1n) is 6.13. The van der Waals surface area contributed by atoms with E-state index in [1.54, 1.807) is 7.11 Å². The number of hydrogen-bond acceptors (Lipinski definition) is 3. The Morgan fingerprint density at radius 2 is 1.88 bits per heavy atom. The number of likely N-dealkylation sites (N-methyl/N-ethyl adjacent to an activating group) is 1. The van der Waals surface area contributed by atoms with Crippen LogP contribution in [0.1, 0.15) is 18.4 Å². The van der Waals surface area contributed by atoms with Crippen molar-refractivity contribution >= 4 is 0 Å². The van der Waals surface area contributed by atoms with E-state index in [1.165, 1.54) is 5.56 Å². The molecule has 0 aromatic heterocycles. The van der Waals surface area contributed by atoms with Crippen LogP contribution in [0, 0.1) is 0 Å². The zero-order chi connectivity index (χ0) is 12.7. The summed E-state index contributed by atoms with van der Waals surface area (Å²) < 4.78 is 5.27. The van der Waals surface area contributed by atoms with Gasteiger partial charge in [-0.15, -0.1) is 0 Å². The van der Waals surface area contributed by atoms with Crippen LogP contribution in [-0.4, -0.2) is 44.8 Å². The molecule has 1 aromatic rings. The maximum Gasteiger partial charge on any atom is 0.0669 e. The minimum atomic E-state index is 0.259. The average molecular weight is 236 g/mol. The van der Waals surface area contributed by atoms with Gasteiger partial charge >= 0.3 is 0 Å². The number of hydrogen-bond donors (Lipinski definition) is 1. The van der Waals surface area contributed by atoms with Gasteiger partial charge in [-0.05, 0) is 19.5 Å². The predicted octanol–water partition coefficient (Wildman–Crippen LogP) is 1.70. The fraction of sp³-hybridized carbons (Fsp3) is 0.571. The van der Waals surface area contributed by atoms with Crippen LogP contribution in [-0.2, 0) is 4.74 Å². The van der Waals surface area contributed by atoms with Crippen LogP contribution < -0.4 is 5.73 Å². The van der Waals surface area contributed by atoms with E-state index in [4.69, 9.17) is 10.5 Å². The summed E-state index contributed by atoms with van der Waals surface area (Å²) in [6, 6.07) is 10.5. The molecule has 0 aliphatic rings. The van der Waals surface area contributed by atoms with Crippen LogP contribution in [0.3, 0.4) is 0 Å². The molecule has 0 spiro atoms. The molecule has 0 amide bonds. The van der Waals surface area contributed by atoms with Crippen LogP contribution in [0.4, 0.5) is 0 Å². The topological polar surface area (TPSA) is 38.5 Å². The molecule has 0 radical (unpaired) electrons. The monoisotopic (exact) mass is 236 g/mol. The lowest BCUT2D eigenvalue weighted by molar-refractivity contribution is 0.0840. The normalized spacial score (nSPS) is 14.9. The highest BCUT2D eigenvalue weighted by atomic mass is 16.5. The highest BCUT2D eigenvalue weighted by Gasteiger charge is 2.13. The van der Waals surface area contributed by atoms with Gasteiger partial charge in [0.05, 0.1) is 6.10 Å². The largest absolute Gasteiger partial charge is 0.380 e. The van der Waals surface area contributed by atoms with Crippen molar-refractivity contribution in [2.24, 2.45) is 5.73 Å². The number of benzene rings is 1. The van der Waals surface area contributed by atoms with Crippen molar-refractivity contribution in [2.45, 2.75) is 18.9 Å². The highest BCUT2D eigenvalue weighted by molar-refractivity contribution is 5.20. The molecule has 0 aliphatic carbocycles. The Labute approximate surface area is 105 Å². The molecule has 3 nitrogen and oxygen atoms in total. The second-order valence-corrected chi connectivity index (χ2v) is 4.61. The molecule has 0 aliphatic heterocycles. The lowest BCUT2D eigenvalue weighted by Crippen LogP contribution is -2.34. The second kappa shape index (κ2) is 7.43. The molecule has 0 saturated carbocycles. The van der Waals surface area contributed by atoms with Gasteiger partial charge in [-0.1, -0.05) is 30.3 Å². The number of nitrogens with zero attached hydrogens (tertiary/aromatic N) is 1. The minimum Gasteiger partial charge on any atom is -0.380 e. The van der Waals surface area contributed by atoms with Gasteiger partial charge in [-0.3, -0.25) is 0 Å². The van der Waals surface area contributed by atoms with E-state index in [0.717, 1.165) is 13.1 Å². The Morgan fingerprint density at radius 1 is 1.24 bits per heavy atom. The molecule has 3 heteroatoms. The lowest BCUT2D eigenvalue weighted by atomic mass is 9.99. The SMILES string of the molecule is COC(C)CN(C)CC(CN)c1ccccc1. The van der Waals surface area contributed by atoms with Gasteiger partial charge < -0.3 is 15.4 Å². The molecular weight excluding hydrogens is 212 g/mol. The third-order valence-corrected chi connectivity index (χ3v) is 3.06. The molecule has 0 heterocycles. The number of methoxy groups -OCH3 is 1. The maximum atomic E-state index is 5.86. The van der Waals surface area contributed by atoms with E-state index in [1.807, 2.05) is 6.07 Å². The maximum absolute atomic E-state index is 5.86. The van der Waals surface area contributed by atoms with E-state index < -0.39 is 0 Å². The Morgan fingerprint density at radius 3 is 2.41 bits per heavy atom. The molecular formula is C14H24N2O. The number of rotatable bonds is 7. The third kappa shape index (κ3) is 4.86. The zero-order valence-corrected chi connectivity index (χ0v) is 11.1. The lowest BCUT2D eigenvalue weighted by Gasteiger charge is -2.25. The zero-order valence-electron chi connectivity index (χ0n) is 11.1. The predicted molar refractivity (Wildman–Crippen MR) is 72.2 cm³/mol. The summed E-state index contributed by atoms with van der Waals surface area (Å²) in [5.74, 6) is 0.394. The number of ether oxygens (including phenoxy) is 1. The van der Waals surface area contributed by atoms with E-state index in [0.29, 0.717) is 12.5 Å². The molecule has 2 N–H and O–H groups in total. The fourth-order valence-corrected chi connectivity index (χ4v) is 2.01. The summed E-state index contributed by atoms with van der Waals surface area (Å²) in [6.45, 7) is 4.65. The van der Waals surface area contributed by atoms with Gasteiger partial charge in [-0.2, -0.15) is 0 Å². The van der Waals surface area contributed by atoms with Crippen LogP contribution in [0.5, 0.6) is 0 Å². The Balaban J connectivity index is 2.52. The van der Waals surface area contributed by atoms with Crippen molar-refractivity contribution in [1.29, 1.82) is 0 Å². The summed E-state index contributed by atoms with van der Waals surface area (Å²) in [5.41, 5.74) is 7.17. The summed E-state index contributed by atoms with van der Waals surface area (Å²) in [4.78, 5) is 2.28. The van der Waals surface area contributed by atoms with E-state index in [9.17, 15) is 0 Å². The molecule has 17 heavy (non-hydrogen) atoms. The average Bonchev–Trinajstić information content (AvgIpc) is 2.36. The van der Waals surface area contributed by atoms with Crippen molar-refractivity contribution in [3.8, 4) is 0 Å². The van der Waals surface area contributed by atoms with E-state index in [2.05, 4.69) is 43.1 Å². The first kappa shape index (κ1) is 14.2. The molecule has 0 bridgehead atoms. The summed E-state index contributed by atoms with van der Waals surface area (Å²) in [5, 5.41) is 0. The van der Waals surface area contributed by atoms with Crippen molar-refractivity contribution in [3.05, 3.63) is 35.9 Å². The van der Waals surface area contributed by atoms with E-state index >= 15 is 0 Å². The van der Waals surface area contributed by atoms with Gasteiger partial charge in [-0.25, -0.2) is 0 Å². The van der Waals surface area contributed by atoms with Gasteiger partial charge in [0.15, 0.2) is 0 Å². The highest BCUT2D eigenvalue weighted by Crippen LogP contribution is 2.15. The van der Waals surface area contributed by atoms with Crippen LogP contribution in [0.15, 0.2) is 30.3 Å². The van der Waals surface area contributed by atoms with Crippen molar-refractivity contribution in [3.63, 3.8) is 0 Å². The summed E-state index contributed by atoms with van der Waals surface area (Å²) >= 11 is 0. The first-order chi connectivity index (χ1) is 8.17. The quantitative estimate of drug-likeness (QED) is 0.783. The first-order valence-corrected chi connectivity index (χ1v) is 6.13. The third-order valence-electron chi connectivity index (χ3n) is 3.06. The molecule has 96 valence electrons. The van der Waals surface area contributed by atoms with Crippen LogP contribution in [0.2, 0.25) is 0 Å². The summed E-state index contributed by atoms with van der Waals surface area (Å²) in [7, 11) is 3.86. The molecule has 2 unspecified atom stereocenters. The molecule has 1 rings (SSSR count). The van der Waals surface area contributed by atoms with Gasteiger partial charge in [0.25, 0.3) is 0 Å². The second-order valence-electron chi connectivity index (χ2n) is 4.61. The molecule has 2 atom stereocenters. The minimum absolute atomic E-state index is 0.259. The molecule has 0 saturated heterocycles. The Kier molecular flexibility index (Phi) is 6.19. The molecule has 1 aromatic carbocycles. The van der Waals surface area contributed by atoms with Gasteiger partial charge in [0.1, 0.15) is 0 Å². The van der Waals surface area contributed by atoms with Crippen molar-refractivity contribution < 1.29 is 4.74 Å². The Bertz CT molecular complexity index is 302. The van der Waals surface area contributed by atoms with Crippen molar-refractivity contribution in [1.82, 2.24) is 4.90 Å². The summed E-state index contributed by atoms with van der Waals surface area (Å²) in [6.07, 6.45) is 0.259. The van der Waals surface area contributed by atoms with E-state index in [-0.39, 0.29) is 6.10 Å². The number of nitrogens with two attached hydrogens (primary N) is 1. The van der Waals surface area contributed by atoms with Crippen LogP contribution in [0.25, 0.3) is 0 Å². The van der Waals surface area contributed by atoms with Gasteiger partial charge in [0, 0.05) is 32.7 Å².